The third kappa shape index (κ3) is 4.28. The van der Waals surface area contributed by atoms with E-state index in [-0.39, 0.29) is 11.7 Å². The Hall–Kier alpha value is -1.46. The van der Waals surface area contributed by atoms with Gasteiger partial charge in [-0.3, -0.25) is 4.90 Å². The Morgan fingerprint density at radius 1 is 1.45 bits per heavy atom. The first-order valence-corrected chi connectivity index (χ1v) is 6.87. The van der Waals surface area contributed by atoms with Crippen LogP contribution in [0.4, 0.5) is 4.39 Å². The van der Waals surface area contributed by atoms with E-state index < -0.39 is 11.8 Å². The standard InChI is InChI=1S/C15H20FNO3/c1-17(10-14-4-2-3-5-20-14)9-11-6-12(15(18)19)8-13(16)7-11/h6-8,14H,2-5,9-10H2,1H3,(H,18,19). The normalized spacial score (nSPS) is 19.2. The highest BCUT2D eigenvalue weighted by Gasteiger charge is 2.16. The fourth-order valence-corrected chi connectivity index (χ4v) is 2.54. The topological polar surface area (TPSA) is 49.8 Å². The second kappa shape index (κ2) is 6.81. The smallest absolute Gasteiger partial charge is 0.335 e. The van der Waals surface area contributed by atoms with E-state index in [2.05, 4.69) is 0 Å². The van der Waals surface area contributed by atoms with Crippen molar-refractivity contribution >= 4 is 5.97 Å². The van der Waals surface area contributed by atoms with Crippen LogP contribution in [0.1, 0.15) is 35.2 Å². The van der Waals surface area contributed by atoms with E-state index in [1.807, 2.05) is 11.9 Å². The number of carboxylic acid groups (broad SMARTS) is 1. The number of benzene rings is 1. The molecular weight excluding hydrogens is 261 g/mol. The summed E-state index contributed by atoms with van der Waals surface area (Å²) in [5.74, 6) is -1.62. The van der Waals surface area contributed by atoms with Crippen LogP contribution in [0.15, 0.2) is 18.2 Å². The Morgan fingerprint density at radius 3 is 2.90 bits per heavy atom. The molecule has 110 valence electrons. The van der Waals surface area contributed by atoms with E-state index >= 15 is 0 Å². The van der Waals surface area contributed by atoms with Gasteiger partial charge in [0, 0.05) is 19.7 Å². The minimum absolute atomic E-state index is 0.0117. The van der Waals surface area contributed by atoms with Crippen molar-refractivity contribution in [1.29, 1.82) is 0 Å². The molecule has 1 N–H and O–H groups in total. The number of carboxylic acids is 1. The Morgan fingerprint density at radius 2 is 2.25 bits per heavy atom. The van der Waals surface area contributed by atoms with Gasteiger partial charge in [-0.2, -0.15) is 0 Å². The van der Waals surface area contributed by atoms with Gasteiger partial charge in [-0.1, -0.05) is 0 Å². The lowest BCUT2D eigenvalue weighted by Gasteiger charge is -2.27. The van der Waals surface area contributed by atoms with Crippen molar-refractivity contribution in [3.63, 3.8) is 0 Å². The molecule has 2 rings (SSSR count). The van der Waals surface area contributed by atoms with Crippen LogP contribution in [-0.4, -0.2) is 42.3 Å². The lowest BCUT2D eigenvalue weighted by atomic mass is 10.1. The molecule has 4 nitrogen and oxygen atoms in total. The summed E-state index contributed by atoms with van der Waals surface area (Å²) in [6.45, 7) is 2.10. The van der Waals surface area contributed by atoms with Crippen LogP contribution in [-0.2, 0) is 11.3 Å². The molecule has 0 amide bonds. The average Bonchev–Trinajstić information content (AvgIpc) is 2.38. The quantitative estimate of drug-likeness (QED) is 0.901. The number of aromatic carboxylic acids is 1. The molecule has 0 saturated carbocycles. The summed E-state index contributed by atoms with van der Waals surface area (Å²) in [5.41, 5.74) is 0.656. The van der Waals surface area contributed by atoms with Crippen LogP contribution in [0.2, 0.25) is 0 Å². The number of rotatable bonds is 5. The predicted octanol–water partition coefficient (Wildman–Crippen LogP) is 2.52. The van der Waals surface area contributed by atoms with Crippen molar-refractivity contribution < 1.29 is 19.0 Å². The summed E-state index contributed by atoms with van der Waals surface area (Å²) in [4.78, 5) is 12.9. The van der Waals surface area contributed by atoms with Gasteiger partial charge in [0.05, 0.1) is 11.7 Å². The zero-order valence-electron chi connectivity index (χ0n) is 11.6. The number of hydrogen-bond donors (Lipinski definition) is 1. The molecule has 1 aromatic carbocycles. The number of nitrogens with zero attached hydrogens (tertiary/aromatic N) is 1. The molecule has 5 heteroatoms. The molecule has 1 atom stereocenters. The van der Waals surface area contributed by atoms with Crippen LogP contribution in [0.25, 0.3) is 0 Å². The van der Waals surface area contributed by atoms with E-state index in [0.717, 1.165) is 32.1 Å². The van der Waals surface area contributed by atoms with Gasteiger partial charge in [0.25, 0.3) is 0 Å². The largest absolute Gasteiger partial charge is 0.478 e. The summed E-state index contributed by atoms with van der Waals surface area (Å²) in [6.07, 6.45) is 3.57. The minimum atomic E-state index is -1.11. The molecule has 1 aliphatic rings. The zero-order chi connectivity index (χ0) is 14.5. The van der Waals surface area contributed by atoms with Gasteiger partial charge in [0.15, 0.2) is 0 Å². The molecular formula is C15H20FNO3. The van der Waals surface area contributed by atoms with E-state index in [1.54, 1.807) is 0 Å². The van der Waals surface area contributed by atoms with E-state index in [0.29, 0.717) is 12.1 Å². The van der Waals surface area contributed by atoms with Gasteiger partial charge in [0.2, 0.25) is 0 Å². The molecule has 1 unspecified atom stereocenters. The third-order valence-corrected chi connectivity index (χ3v) is 3.45. The van der Waals surface area contributed by atoms with Crippen LogP contribution in [0.5, 0.6) is 0 Å². The maximum atomic E-state index is 13.4. The highest BCUT2D eigenvalue weighted by Crippen LogP contribution is 2.16. The number of likely N-dealkylation sites (N-methyl/N-ethyl adjacent to an activating group) is 1. The number of carbonyl (C=O) groups is 1. The van der Waals surface area contributed by atoms with E-state index in [9.17, 15) is 9.18 Å². The molecule has 0 radical (unpaired) electrons. The van der Waals surface area contributed by atoms with Gasteiger partial charge < -0.3 is 9.84 Å². The molecule has 1 saturated heterocycles. The van der Waals surface area contributed by atoms with Crippen molar-refractivity contribution in [3.8, 4) is 0 Å². The fraction of sp³-hybridized carbons (Fsp3) is 0.533. The molecule has 20 heavy (non-hydrogen) atoms. The number of ether oxygens (including phenoxy) is 1. The van der Waals surface area contributed by atoms with Gasteiger partial charge in [0.1, 0.15) is 5.82 Å². The van der Waals surface area contributed by atoms with Crippen LogP contribution in [0, 0.1) is 5.82 Å². The molecule has 0 aromatic heterocycles. The SMILES string of the molecule is CN(Cc1cc(F)cc(C(=O)O)c1)CC1CCCCO1. The average molecular weight is 281 g/mol. The second-order valence-corrected chi connectivity index (χ2v) is 5.34. The number of halogens is 1. The first kappa shape index (κ1) is 14.9. The van der Waals surface area contributed by atoms with Crippen molar-refractivity contribution in [3.05, 3.63) is 35.1 Å². The monoisotopic (exact) mass is 281 g/mol. The van der Waals surface area contributed by atoms with Crippen LogP contribution in [0.3, 0.4) is 0 Å². The maximum absolute atomic E-state index is 13.4. The first-order chi connectivity index (χ1) is 9.54. The van der Waals surface area contributed by atoms with Crippen molar-refractivity contribution in [2.24, 2.45) is 0 Å². The van der Waals surface area contributed by atoms with Gasteiger partial charge >= 0.3 is 5.97 Å². The number of hydrogen-bond acceptors (Lipinski definition) is 3. The Labute approximate surface area is 118 Å². The maximum Gasteiger partial charge on any atom is 0.335 e. The summed E-state index contributed by atoms with van der Waals surface area (Å²) in [5, 5.41) is 8.93. The van der Waals surface area contributed by atoms with Gasteiger partial charge in [-0.25, -0.2) is 9.18 Å². The lowest BCUT2D eigenvalue weighted by Crippen LogP contribution is -2.33. The van der Waals surface area contributed by atoms with Crippen LogP contribution >= 0.6 is 0 Å². The minimum Gasteiger partial charge on any atom is -0.478 e. The zero-order valence-corrected chi connectivity index (χ0v) is 11.6. The van der Waals surface area contributed by atoms with Crippen molar-refractivity contribution in [2.75, 3.05) is 20.2 Å². The highest BCUT2D eigenvalue weighted by molar-refractivity contribution is 5.87. The molecule has 0 spiro atoms. The summed E-state index contributed by atoms with van der Waals surface area (Å²) in [6, 6.07) is 3.93. The molecule has 1 fully saturated rings. The molecule has 1 aromatic rings. The highest BCUT2D eigenvalue weighted by atomic mass is 19.1. The second-order valence-electron chi connectivity index (χ2n) is 5.34. The molecule has 0 bridgehead atoms. The Kier molecular flexibility index (Phi) is 5.09. The summed E-state index contributed by atoms with van der Waals surface area (Å²) < 4.78 is 19.1. The first-order valence-electron chi connectivity index (χ1n) is 6.87. The van der Waals surface area contributed by atoms with Crippen molar-refractivity contribution in [2.45, 2.75) is 31.9 Å². The van der Waals surface area contributed by atoms with Crippen molar-refractivity contribution in [1.82, 2.24) is 4.90 Å². The van der Waals surface area contributed by atoms with E-state index in [4.69, 9.17) is 9.84 Å². The van der Waals surface area contributed by atoms with Gasteiger partial charge in [-0.15, -0.1) is 0 Å². The molecule has 1 aliphatic heterocycles. The predicted molar refractivity (Wildman–Crippen MR) is 73.3 cm³/mol. The summed E-state index contributed by atoms with van der Waals surface area (Å²) in [7, 11) is 1.93. The molecule has 0 aliphatic carbocycles. The van der Waals surface area contributed by atoms with Gasteiger partial charge in [-0.05, 0) is 50.1 Å². The Bertz CT molecular complexity index is 472. The summed E-state index contributed by atoms with van der Waals surface area (Å²) >= 11 is 0. The molecule has 1 heterocycles. The van der Waals surface area contributed by atoms with E-state index in [1.165, 1.54) is 18.6 Å². The lowest BCUT2D eigenvalue weighted by molar-refractivity contribution is -0.00260. The Balaban J connectivity index is 1.96. The third-order valence-electron chi connectivity index (χ3n) is 3.45. The fourth-order valence-electron chi connectivity index (χ4n) is 2.54. The van der Waals surface area contributed by atoms with Crippen LogP contribution < -0.4 is 0 Å².